The molecule has 1 aromatic rings. The van der Waals surface area contributed by atoms with Crippen LogP contribution in [0.25, 0.3) is 0 Å². The van der Waals surface area contributed by atoms with Crippen LogP contribution in [0.1, 0.15) is 19.8 Å². The molecule has 0 saturated carbocycles. The number of anilines is 1. The summed E-state index contributed by atoms with van der Waals surface area (Å²) < 4.78 is 5.46. The first-order chi connectivity index (χ1) is 11.1. The Morgan fingerprint density at radius 2 is 2.00 bits per heavy atom. The summed E-state index contributed by atoms with van der Waals surface area (Å²) in [5.41, 5.74) is 0. The lowest BCUT2D eigenvalue weighted by Crippen LogP contribution is -2.49. The first-order valence-electron chi connectivity index (χ1n) is 7.86. The van der Waals surface area contributed by atoms with E-state index in [0.29, 0.717) is 50.2 Å². The van der Waals surface area contributed by atoms with Crippen LogP contribution in [0.5, 0.6) is 0 Å². The Morgan fingerprint density at radius 1 is 1.35 bits per heavy atom. The SMILES string of the molecule is CC[C@@H](CO)OCCC(=O)N1CCN(c2ncc(Cl)cn2)CC1. The lowest BCUT2D eigenvalue weighted by atomic mass is 10.2. The van der Waals surface area contributed by atoms with Gasteiger partial charge in [0.1, 0.15) is 0 Å². The fourth-order valence-electron chi connectivity index (χ4n) is 2.40. The molecular weight excluding hydrogens is 320 g/mol. The number of aromatic nitrogens is 2. The molecule has 0 radical (unpaired) electrons. The molecule has 1 aromatic heterocycles. The largest absolute Gasteiger partial charge is 0.394 e. The van der Waals surface area contributed by atoms with Gasteiger partial charge >= 0.3 is 0 Å². The van der Waals surface area contributed by atoms with Gasteiger partial charge in [-0.25, -0.2) is 9.97 Å². The molecule has 7 nitrogen and oxygen atoms in total. The molecular formula is C15H23ClN4O3. The molecule has 0 aromatic carbocycles. The van der Waals surface area contributed by atoms with Crippen molar-refractivity contribution in [3.63, 3.8) is 0 Å². The van der Waals surface area contributed by atoms with Gasteiger partial charge in [-0.2, -0.15) is 0 Å². The summed E-state index contributed by atoms with van der Waals surface area (Å²) in [6.07, 6.45) is 4.05. The molecule has 0 unspecified atom stereocenters. The number of aliphatic hydroxyl groups excluding tert-OH is 1. The Labute approximate surface area is 141 Å². The predicted molar refractivity (Wildman–Crippen MR) is 87.6 cm³/mol. The standard InChI is InChI=1S/C15H23ClN4O3/c1-2-13(11-21)23-8-3-14(22)19-4-6-20(7-5-19)15-17-9-12(16)10-18-15/h9-10,13,21H,2-8,11H2,1H3/t13-/m0/s1. The fraction of sp³-hybridized carbons (Fsp3) is 0.667. The van der Waals surface area contributed by atoms with Gasteiger partial charge in [-0.1, -0.05) is 18.5 Å². The van der Waals surface area contributed by atoms with E-state index in [2.05, 4.69) is 9.97 Å². The van der Waals surface area contributed by atoms with Crippen molar-refractivity contribution in [3.05, 3.63) is 17.4 Å². The summed E-state index contributed by atoms with van der Waals surface area (Å²) in [5, 5.41) is 9.56. The highest BCUT2D eigenvalue weighted by Gasteiger charge is 2.22. The molecule has 1 N–H and O–H groups in total. The van der Waals surface area contributed by atoms with Crippen LogP contribution in [0.4, 0.5) is 5.95 Å². The minimum Gasteiger partial charge on any atom is -0.394 e. The van der Waals surface area contributed by atoms with E-state index in [4.69, 9.17) is 21.4 Å². The molecule has 1 atom stereocenters. The molecule has 23 heavy (non-hydrogen) atoms. The van der Waals surface area contributed by atoms with E-state index in [1.165, 1.54) is 0 Å². The van der Waals surface area contributed by atoms with E-state index in [-0.39, 0.29) is 18.6 Å². The maximum Gasteiger partial charge on any atom is 0.225 e. The van der Waals surface area contributed by atoms with E-state index in [0.717, 1.165) is 6.42 Å². The van der Waals surface area contributed by atoms with Crippen LogP contribution in [-0.4, -0.2) is 71.4 Å². The van der Waals surface area contributed by atoms with Gasteiger partial charge in [0.15, 0.2) is 0 Å². The number of halogens is 1. The van der Waals surface area contributed by atoms with Crippen LogP contribution in [0.2, 0.25) is 5.02 Å². The zero-order chi connectivity index (χ0) is 16.7. The maximum absolute atomic E-state index is 12.2. The van der Waals surface area contributed by atoms with Crippen molar-refractivity contribution in [2.24, 2.45) is 0 Å². The summed E-state index contributed by atoms with van der Waals surface area (Å²) >= 11 is 5.78. The van der Waals surface area contributed by atoms with Crippen molar-refractivity contribution in [2.45, 2.75) is 25.9 Å². The Kier molecular flexibility index (Phi) is 7.01. The normalized spacial score (nSPS) is 16.5. The highest BCUT2D eigenvalue weighted by Crippen LogP contribution is 2.13. The number of carbonyl (C=O) groups is 1. The number of hydrogen-bond acceptors (Lipinski definition) is 6. The lowest BCUT2D eigenvalue weighted by Gasteiger charge is -2.34. The van der Waals surface area contributed by atoms with Crippen molar-refractivity contribution in [2.75, 3.05) is 44.3 Å². The van der Waals surface area contributed by atoms with Crippen LogP contribution in [-0.2, 0) is 9.53 Å². The topological polar surface area (TPSA) is 78.8 Å². The van der Waals surface area contributed by atoms with Crippen molar-refractivity contribution >= 4 is 23.5 Å². The van der Waals surface area contributed by atoms with E-state index in [1.807, 2.05) is 16.7 Å². The van der Waals surface area contributed by atoms with Crippen LogP contribution in [0.3, 0.4) is 0 Å². The molecule has 128 valence electrons. The first-order valence-corrected chi connectivity index (χ1v) is 8.24. The zero-order valence-electron chi connectivity index (χ0n) is 13.3. The average molecular weight is 343 g/mol. The van der Waals surface area contributed by atoms with Crippen LogP contribution < -0.4 is 4.90 Å². The van der Waals surface area contributed by atoms with Crippen molar-refractivity contribution < 1.29 is 14.6 Å². The van der Waals surface area contributed by atoms with Crippen LogP contribution >= 0.6 is 11.6 Å². The minimum absolute atomic E-state index is 0.00947. The molecule has 1 fully saturated rings. The monoisotopic (exact) mass is 342 g/mol. The molecule has 2 heterocycles. The number of hydrogen-bond donors (Lipinski definition) is 1. The molecule has 1 saturated heterocycles. The minimum atomic E-state index is -0.179. The second kappa shape index (κ2) is 9.00. The third kappa shape index (κ3) is 5.30. The van der Waals surface area contributed by atoms with E-state index < -0.39 is 0 Å². The summed E-state index contributed by atoms with van der Waals surface area (Å²) in [4.78, 5) is 24.4. The molecule has 1 amide bonds. The Balaban J connectivity index is 1.73. The highest BCUT2D eigenvalue weighted by molar-refractivity contribution is 6.30. The van der Waals surface area contributed by atoms with E-state index in [9.17, 15) is 4.79 Å². The van der Waals surface area contributed by atoms with Gasteiger partial charge in [-0.05, 0) is 6.42 Å². The fourth-order valence-corrected chi connectivity index (χ4v) is 2.49. The Morgan fingerprint density at radius 3 is 2.57 bits per heavy atom. The van der Waals surface area contributed by atoms with Gasteiger partial charge in [0.2, 0.25) is 11.9 Å². The molecule has 0 bridgehead atoms. The number of carbonyl (C=O) groups excluding carboxylic acids is 1. The lowest BCUT2D eigenvalue weighted by molar-refractivity contribution is -0.133. The van der Waals surface area contributed by atoms with Gasteiger partial charge < -0.3 is 19.6 Å². The van der Waals surface area contributed by atoms with Crippen LogP contribution in [0.15, 0.2) is 12.4 Å². The predicted octanol–water partition coefficient (Wildman–Crippen LogP) is 0.956. The van der Waals surface area contributed by atoms with Crippen molar-refractivity contribution in [1.29, 1.82) is 0 Å². The van der Waals surface area contributed by atoms with Gasteiger partial charge in [0, 0.05) is 26.2 Å². The maximum atomic E-state index is 12.2. The summed E-state index contributed by atoms with van der Waals surface area (Å²) in [7, 11) is 0. The smallest absolute Gasteiger partial charge is 0.225 e. The van der Waals surface area contributed by atoms with Gasteiger partial charge in [-0.3, -0.25) is 4.79 Å². The Bertz CT molecular complexity index is 488. The van der Waals surface area contributed by atoms with Gasteiger partial charge in [0.05, 0.1) is 43.2 Å². The molecule has 0 spiro atoms. The van der Waals surface area contributed by atoms with Gasteiger partial charge in [0.25, 0.3) is 0 Å². The molecule has 0 aliphatic carbocycles. The van der Waals surface area contributed by atoms with E-state index in [1.54, 1.807) is 12.4 Å². The molecule has 1 aliphatic rings. The summed E-state index contributed by atoms with van der Waals surface area (Å²) in [5.74, 6) is 0.716. The first kappa shape index (κ1) is 17.9. The number of amides is 1. The highest BCUT2D eigenvalue weighted by atomic mass is 35.5. The average Bonchev–Trinajstić information content (AvgIpc) is 2.59. The third-order valence-corrected chi connectivity index (χ3v) is 4.05. The van der Waals surface area contributed by atoms with Crippen LogP contribution in [0, 0.1) is 0 Å². The van der Waals surface area contributed by atoms with Crippen molar-refractivity contribution in [3.8, 4) is 0 Å². The number of piperazine rings is 1. The second-order valence-corrected chi connectivity index (χ2v) is 5.84. The Hall–Kier alpha value is -1.44. The van der Waals surface area contributed by atoms with Gasteiger partial charge in [-0.15, -0.1) is 0 Å². The number of aliphatic hydroxyl groups is 1. The number of rotatable bonds is 7. The molecule has 8 heteroatoms. The molecule has 1 aliphatic heterocycles. The van der Waals surface area contributed by atoms with E-state index >= 15 is 0 Å². The second-order valence-electron chi connectivity index (χ2n) is 5.40. The quantitative estimate of drug-likeness (QED) is 0.795. The molecule has 2 rings (SSSR count). The zero-order valence-corrected chi connectivity index (χ0v) is 14.1. The number of ether oxygens (including phenoxy) is 1. The number of nitrogens with zero attached hydrogens (tertiary/aromatic N) is 4. The third-order valence-electron chi connectivity index (χ3n) is 3.85. The van der Waals surface area contributed by atoms with Crippen molar-refractivity contribution in [1.82, 2.24) is 14.9 Å². The summed E-state index contributed by atoms with van der Waals surface area (Å²) in [6, 6.07) is 0. The summed E-state index contributed by atoms with van der Waals surface area (Å²) in [6.45, 7) is 4.96.